The number of thiocarbonyl (C=S) groups is 1. The highest BCUT2D eigenvalue weighted by atomic mass is 32.2. The van der Waals surface area contributed by atoms with Gasteiger partial charge >= 0.3 is 5.97 Å². The predicted octanol–water partition coefficient (Wildman–Crippen LogP) is 1.91. The molecule has 0 atom stereocenters. The van der Waals surface area contributed by atoms with E-state index in [1.807, 2.05) is 0 Å². The molecule has 2 heterocycles. The molecule has 0 aliphatic carbocycles. The van der Waals surface area contributed by atoms with Gasteiger partial charge in [-0.25, -0.2) is 4.98 Å². The summed E-state index contributed by atoms with van der Waals surface area (Å²) in [4.78, 5) is 29.3. The quantitative estimate of drug-likeness (QED) is 0.636. The minimum atomic E-state index is -0.352. The van der Waals surface area contributed by atoms with Gasteiger partial charge in [-0.2, -0.15) is 0 Å². The van der Waals surface area contributed by atoms with Crippen molar-refractivity contribution in [3.8, 4) is 0 Å². The van der Waals surface area contributed by atoms with Crippen molar-refractivity contribution in [1.82, 2.24) is 9.88 Å². The molecule has 0 spiro atoms. The topological polar surface area (TPSA) is 71.5 Å². The van der Waals surface area contributed by atoms with E-state index in [1.165, 1.54) is 30.2 Å². The van der Waals surface area contributed by atoms with Crippen LogP contribution in [-0.4, -0.2) is 52.0 Å². The summed E-state index contributed by atoms with van der Waals surface area (Å²) in [6.07, 6.45) is 2.43. The Hall–Kier alpha value is -1.19. The van der Waals surface area contributed by atoms with Gasteiger partial charge in [0.1, 0.15) is 4.32 Å². The monoisotopic (exact) mass is 359 g/mol. The largest absolute Gasteiger partial charge is 0.469 e. The average molecular weight is 359 g/mol. The van der Waals surface area contributed by atoms with Crippen molar-refractivity contribution in [2.24, 2.45) is 0 Å². The fourth-order valence-electron chi connectivity index (χ4n) is 1.94. The van der Waals surface area contributed by atoms with Crippen molar-refractivity contribution in [2.75, 3.05) is 31.3 Å². The molecule has 0 unspecified atom stereocenters. The molecule has 1 N–H and O–H groups in total. The smallest absolute Gasteiger partial charge is 0.311 e. The number of rotatable bonds is 5. The third-order valence-corrected chi connectivity index (χ3v) is 5.37. The highest BCUT2D eigenvalue weighted by molar-refractivity contribution is 8.23. The van der Waals surface area contributed by atoms with E-state index < -0.39 is 0 Å². The van der Waals surface area contributed by atoms with E-state index in [-0.39, 0.29) is 24.1 Å². The molecule has 22 heavy (non-hydrogen) atoms. The summed E-state index contributed by atoms with van der Waals surface area (Å²) in [5.41, 5.74) is 0.590. The molecule has 0 radical (unpaired) electrons. The van der Waals surface area contributed by atoms with E-state index in [4.69, 9.17) is 12.2 Å². The average Bonchev–Trinajstić information content (AvgIpc) is 3.16. The van der Waals surface area contributed by atoms with Crippen molar-refractivity contribution < 1.29 is 14.3 Å². The Morgan fingerprint density at radius 2 is 2.23 bits per heavy atom. The number of nitrogens with zero attached hydrogens (tertiary/aromatic N) is 2. The zero-order chi connectivity index (χ0) is 15.9. The zero-order valence-corrected chi connectivity index (χ0v) is 14.6. The Labute approximate surface area is 142 Å². The number of thiazole rings is 1. The first-order chi connectivity index (χ1) is 10.6. The van der Waals surface area contributed by atoms with E-state index in [1.54, 1.807) is 5.38 Å². The van der Waals surface area contributed by atoms with Gasteiger partial charge in [-0.15, -0.1) is 11.3 Å². The van der Waals surface area contributed by atoms with Crippen LogP contribution in [0.25, 0.3) is 0 Å². The van der Waals surface area contributed by atoms with Crippen LogP contribution in [-0.2, 0) is 20.7 Å². The van der Waals surface area contributed by atoms with Crippen LogP contribution in [0.15, 0.2) is 5.38 Å². The summed E-state index contributed by atoms with van der Waals surface area (Å²) in [6, 6.07) is 0. The molecule has 2 rings (SSSR count). The molecule has 120 valence electrons. The molecule has 1 fully saturated rings. The van der Waals surface area contributed by atoms with Crippen molar-refractivity contribution >= 4 is 56.6 Å². The van der Waals surface area contributed by atoms with E-state index >= 15 is 0 Å². The molecule has 0 saturated carbocycles. The van der Waals surface area contributed by atoms with Gasteiger partial charge in [0.25, 0.3) is 0 Å². The summed E-state index contributed by atoms with van der Waals surface area (Å²) in [7, 11) is 1.33. The molecule has 0 bridgehead atoms. The summed E-state index contributed by atoms with van der Waals surface area (Å²) >= 11 is 7.96. The van der Waals surface area contributed by atoms with Crippen molar-refractivity contribution in [3.05, 3.63) is 11.1 Å². The number of hydrogen-bond donors (Lipinski definition) is 1. The molecule has 6 nitrogen and oxygen atoms in total. The molecule has 1 aromatic heterocycles. The molecule has 9 heteroatoms. The van der Waals surface area contributed by atoms with Crippen LogP contribution < -0.4 is 5.32 Å². The van der Waals surface area contributed by atoms with Crippen LogP contribution in [0.2, 0.25) is 0 Å². The van der Waals surface area contributed by atoms with Crippen LogP contribution in [0.3, 0.4) is 0 Å². The van der Waals surface area contributed by atoms with Gasteiger partial charge in [0.05, 0.1) is 25.0 Å². The lowest BCUT2D eigenvalue weighted by atomic mass is 10.3. The molecule has 1 aromatic rings. The van der Waals surface area contributed by atoms with Crippen molar-refractivity contribution in [3.63, 3.8) is 0 Å². The van der Waals surface area contributed by atoms with Gasteiger partial charge < -0.3 is 15.0 Å². The maximum Gasteiger partial charge on any atom is 0.311 e. The standard InChI is InChI=1S/C13H17N3O3S3/c1-19-11(18)6-9-7-21-12(14-9)15-10(17)8-22-13(20)16-4-2-3-5-16/h7H,2-6,8H2,1H3,(H,14,15,17). The number of anilines is 1. The first-order valence-electron chi connectivity index (χ1n) is 6.81. The maximum absolute atomic E-state index is 11.9. The number of amides is 1. The first-order valence-corrected chi connectivity index (χ1v) is 9.08. The van der Waals surface area contributed by atoms with E-state index in [0.29, 0.717) is 10.8 Å². The molecule has 0 aromatic carbocycles. The number of hydrogen-bond acceptors (Lipinski definition) is 7. The Balaban J connectivity index is 1.74. The second-order valence-electron chi connectivity index (χ2n) is 4.69. The zero-order valence-electron chi connectivity index (χ0n) is 12.2. The first kappa shape index (κ1) is 17.2. The number of carbonyl (C=O) groups excluding carboxylic acids is 2. The van der Waals surface area contributed by atoms with Gasteiger partial charge in [0.15, 0.2) is 5.13 Å². The van der Waals surface area contributed by atoms with Gasteiger partial charge in [0.2, 0.25) is 5.91 Å². The van der Waals surface area contributed by atoms with Crippen LogP contribution >= 0.6 is 35.3 Å². The highest BCUT2D eigenvalue weighted by Crippen LogP contribution is 2.18. The number of methoxy groups -OCH3 is 1. The Morgan fingerprint density at radius 3 is 2.91 bits per heavy atom. The fraction of sp³-hybridized carbons (Fsp3) is 0.538. The van der Waals surface area contributed by atoms with Gasteiger partial charge in [-0.3, -0.25) is 9.59 Å². The SMILES string of the molecule is COC(=O)Cc1csc(NC(=O)CSC(=S)N2CCCC2)n1. The lowest BCUT2D eigenvalue weighted by Crippen LogP contribution is -2.25. The maximum atomic E-state index is 11.9. The predicted molar refractivity (Wildman–Crippen MR) is 92.3 cm³/mol. The third kappa shape index (κ3) is 5.22. The normalized spacial score (nSPS) is 14.0. The number of nitrogens with one attached hydrogen (secondary N) is 1. The third-order valence-electron chi connectivity index (χ3n) is 3.04. The lowest BCUT2D eigenvalue weighted by Gasteiger charge is -2.17. The lowest BCUT2D eigenvalue weighted by molar-refractivity contribution is -0.139. The van der Waals surface area contributed by atoms with Gasteiger partial charge in [0, 0.05) is 18.5 Å². The van der Waals surface area contributed by atoms with Gasteiger partial charge in [-0.1, -0.05) is 24.0 Å². The number of ether oxygens (including phenoxy) is 1. The number of aromatic nitrogens is 1. The molecule has 1 aliphatic heterocycles. The molecule has 1 amide bonds. The number of carbonyl (C=O) groups is 2. The van der Waals surface area contributed by atoms with Crippen LogP contribution in [0.1, 0.15) is 18.5 Å². The summed E-state index contributed by atoms with van der Waals surface area (Å²) < 4.78 is 5.35. The van der Waals surface area contributed by atoms with E-state index in [9.17, 15) is 9.59 Å². The Kier molecular flexibility index (Phi) is 6.59. The van der Waals surface area contributed by atoms with Crippen LogP contribution in [0.5, 0.6) is 0 Å². The minimum Gasteiger partial charge on any atom is -0.469 e. The Bertz CT molecular complexity index is 556. The van der Waals surface area contributed by atoms with Crippen LogP contribution in [0, 0.1) is 0 Å². The van der Waals surface area contributed by atoms with Crippen molar-refractivity contribution in [1.29, 1.82) is 0 Å². The van der Waals surface area contributed by atoms with E-state index in [0.717, 1.165) is 30.3 Å². The minimum absolute atomic E-state index is 0.108. The summed E-state index contributed by atoms with van der Waals surface area (Å²) in [5.74, 6) is -0.235. The summed E-state index contributed by atoms with van der Waals surface area (Å²) in [5, 5.41) is 4.93. The number of esters is 1. The second-order valence-corrected chi connectivity index (χ2v) is 7.16. The summed E-state index contributed by atoms with van der Waals surface area (Å²) in [6.45, 7) is 1.97. The van der Waals surface area contributed by atoms with Crippen molar-refractivity contribution in [2.45, 2.75) is 19.3 Å². The fourth-order valence-corrected chi connectivity index (χ4v) is 3.72. The molecular weight excluding hydrogens is 342 g/mol. The van der Waals surface area contributed by atoms with Gasteiger partial charge in [-0.05, 0) is 12.8 Å². The second kappa shape index (κ2) is 8.44. The molecule has 1 aliphatic rings. The highest BCUT2D eigenvalue weighted by Gasteiger charge is 2.16. The number of thioether (sulfide) groups is 1. The van der Waals surface area contributed by atoms with Crippen LogP contribution in [0.4, 0.5) is 5.13 Å². The van der Waals surface area contributed by atoms with E-state index in [2.05, 4.69) is 19.9 Å². The molecule has 1 saturated heterocycles. The Morgan fingerprint density at radius 1 is 1.50 bits per heavy atom. The molecular formula is C13H17N3O3S3. The number of likely N-dealkylation sites (tertiary alicyclic amines) is 1.